The smallest absolute Gasteiger partial charge is 0.132 e. The molecule has 8 heteroatoms. The molecule has 8 nitrogen and oxygen atoms in total. The van der Waals surface area contributed by atoms with Gasteiger partial charge < -0.3 is 9.97 Å². The third-order valence-corrected chi connectivity index (χ3v) is 12.8. The summed E-state index contributed by atoms with van der Waals surface area (Å²) < 4.78 is 2.94. The summed E-state index contributed by atoms with van der Waals surface area (Å²) in [5, 5.41) is 2.02. The fraction of sp³-hybridized carbons (Fsp3) is 0.250. The Labute approximate surface area is 379 Å². The van der Waals surface area contributed by atoms with E-state index in [1.807, 2.05) is 0 Å². The first-order valence-corrected chi connectivity index (χ1v) is 22.3. The number of allylic oxidation sites excluding steroid dienone is 4. The molecule has 0 saturated heterocycles. The van der Waals surface area contributed by atoms with Crippen LogP contribution in [0.1, 0.15) is 39.6 Å². The fourth-order valence-electron chi connectivity index (χ4n) is 9.08. The topological polar surface area (TPSA) is 56.3 Å². The molecule has 6 aromatic rings. The lowest BCUT2D eigenvalue weighted by Crippen LogP contribution is -2.34. The molecule has 0 fully saturated rings. The number of nitrogens with zero attached hydrogens (tertiary/aromatic N) is 6. The van der Waals surface area contributed by atoms with Crippen LogP contribution >= 0.6 is 0 Å². The van der Waals surface area contributed by atoms with Gasteiger partial charge in [0.2, 0.25) is 0 Å². The molecule has 3 aliphatic rings. The number of benzene rings is 4. The summed E-state index contributed by atoms with van der Waals surface area (Å²) in [6.45, 7) is 0. The van der Waals surface area contributed by atoms with Crippen molar-refractivity contribution in [3.05, 3.63) is 196 Å². The molecular formula is C56H64N8+4. The minimum atomic E-state index is -0.162. The van der Waals surface area contributed by atoms with Crippen molar-refractivity contribution in [2.24, 2.45) is 9.98 Å². The number of fused-ring (bicyclic) bond motifs is 6. The van der Waals surface area contributed by atoms with E-state index in [2.05, 4.69) is 240 Å². The van der Waals surface area contributed by atoms with E-state index in [0.29, 0.717) is 0 Å². The summed E-state index contributed by atoms with van der Waals surface area (Å²) in [6, 6.07) is 44.8. The summed E-state index contributed by atoms with van der Waals surface area (Å²) in [5.74, 6) is -0.0717. The highest BCUT2D eigenvalue weighted by Crippen LogP contribution is 2.38. The molecular weight excluding hydrogens is 785 g/mol. The molecule has 324 valence electrons. The predicted molar refractivity (Wildman–Crippen MR) is 275 cm³/mol. The van der Waals surface area contributed by atoms with Crippen molar-refractivity contribution in [2.45, 2.75) is 12.0 Å². The van der Waals surface area contributed by atoms with Crippen LogP contribution in [0.2, 0.25) is 0 Å². The lowest BCUT2D eigenvalue weighted by molar-refractivity contribution is 0.486. The van der Waals surface area contributed by atoms with Gasteiger partial charge in [-0.25, -0.2) is 4.99 Å². The largest absolute Gasteiger partial charge is 0.358 e. The Balaban J connectivity index is 1.34. The van der Waals surface area contributed by atoms with E-state index in [9.17, 15) is 0 Å². The summed E-state index contributed by atoms with van der Waals surface area (Å²) in [7, 11) is 26.5. The quantitative estimate of drug-likeness (QED) is 0.145. The fourth-order valence-corrected chi connectivity index (χ4v) is 9.08. The Hall–Kier alpha value is -6.42. The Morgan fingerprint density at radius 3 is 1.36 bits per heavy atom. The van der Waals surface area contributed by atoms with Crippen LogP contribution in [-0.4, -0.2) is 112 Å². The van der Waals surface area contributed by atoms with Gasteiger partial charge in [-0.05, 0) is 150 Å². The number of aromatic amines is 2. The van der Waals surface area contributed by atoms with E-state index in [0.717, 1.165) is 90.5 Å². The van der Waals surface area contributed by atoms with Crippen molar-refractivity contribution in [2.75, 3.05) is 84.6 Å². The third kappa shape index (κ3) is 8.26. The van der Waals surface area contributed by atoms with Crippen LogP contribution in [0.15, 0.2) is 161 Å². The Morgan fingerprint density at radius 2 is 0.859 bits per heavy atom. The van der Waals surface area contributed by atoms with Crippen molar-refractivity contribution in [3.63, 3.8) is 0 Å². The second kappa shape index (κ2) is 15.7. The zero-order valence-corrected chi connectivity index (χ0v) is 39.7. The highest BCUT2D eigenvalue weighted by Gasteiger charge is 2.31. The molecule has 64 heavy (non-hydrogen) atoms. The normalized spacial score (nSPS) is 20.8. The van der Waals surface area contributed by atoms with E-state index >= 15 is 0 Å². The summed E-state index contributed by atoms with van der Waals surface area (Å²) >= 11 is 0. The van der Waals surface area contributed by atoms with Gasteiger partial charge in [0.05, 0.1) is 114 Å². The Bertz CT molecular complexity index is 3030. The van der Waals surface area contributed by atoms with E-state index in [4.69, 9.17) is 9.98 Å². The number of H-pyrrole nitrogens is 2. The first-order chi connectivity index (χ1) is 30.2. The minimum absolute atomic E-state index is 0.0717. The number of rotatable bonds is 8. The van der Waals surface area contributed by atoms with Crippen LogP contribution in [0.3, 0.4) is 0 Å². The van der Waals surface area contributed by atoms with Crippen LogP contribution in [0.5, 0.6) is 0 Å². The number of aromatic nitrogens is 2. The van der Waals surface area contributed by atoms with Gasteiger partial charge in [0.25, 0.3) is 0 Å². The molecule has 3 aliphatic heterocycles. The molecule has 8 bridgehead atoms. The minimum Gasteiger partial charge on any atom is -0.358 e. The van der Waals surface area contributed by atoms with Gasteiger partial charge in [-0.3, -0.25) is 22.9 Å². The molecule has 0 radical (unpaired) electrons. The van der Waals surface area contributed by atoms with E-state index in [1.165, 1.54) is 28.3 Å². The van der Waals surface area contributed by atoms with Crippen LogP contribution in [0, 0.1) is 0 Å². The maximum Gasteiger partial charge on any atom is 0.132 e. The molecule has 9 rings (SSSR count). The van der Waals surface area contributed by atoms with Crippen LogP contribution in [0.4, 0.5) is 22.7 Å². The molecule has 2 N–H and O–H groups in total. The summed E-state index contributed by atoms with van der Waals surface area (Å²) in [4.78, 5) is 19.1. The van der Waals surface area contributed by atoms with Gasteiger partial charge in [0, 0.05) is 38.8 Å². The molecule has 2 aromatic heterocycles. The van der Waals surface area contributed by atoms with Gasteiger partial charge in [0.15, 0.2) is 0 Å². The number of quaternary nitrogens is 4. The monoisotopic (exact) mass is 849 g/mol. The lowest BCUT2D eigenvalue weighted by Gasteiger charge is -2.25. The highest BCUT2D eigenvalue weighted by atomic mass is 15.3. The van der Waals surface area contributed by atoms with Gasteiger partial charge in [-0.1, -0.05) is 18.2 Å². The maximum absolute atomic E-state index is 5.65. The number of hydrogen-bond donors (Lipinski definition) is 2. The number of aliphatic imine (C=N–C) groups is 2. The Kier molecular flexibility index (Phi) is 10.5. The van der Waals surface area contributed by atoms with Crippen molar-refractivity contribution in [3.8, 4) is 0 Å². The Morgan fingerprint density at radius 1 is 0.406 bits per heavy atom. The van der Waals surface area contributed by atoms with Gasteiger partial charge >= 0.3 is 0 Å². The second-order valence-electron chi connectivity index (χ2n) is 21.1. The van der Waals surface area contributed by atoms with Gasteiger partial charge in [0.1, 0.15) is 22.7 Å². The van der Waals surface area contributed by atoms with E-state index in [-0.39, 0.29) is 12.0 Å². The molecule has 2 unspecified atom stereocenters. The number of hydrogen-bond acceptors (Lipinski definition) is 2. The van der Waals surface area contributed by atoms with Gasteiger partial charge in [-0.15, -0.1) is 0 Å². The third-order valence-electron chi connectivity index (χ3n) is 12.8. The van der Waals surface area contributed by atoms with Crippen LogP contribution in [-0.2, 0) is 0 Å². The maximum atomic E-state index is 5.65. The first-order valence-electron chi connectivity index (χ1n) is 22.3. The van der Waals surface area contributed by atoms with Crippen LogP contribution in [0.25, 0.3) is 16.7 Å². The highest BCUT2D eigenvalue weighted by molar-refractivity contribution is 6.34. The van der Waals surface area contributed by atoms with Gasteiger partial charge in [-0.2, -0.15) is 0 Å². The number of nitrogens with one attached hydrogen (secondary N) is 2. The summed E-state index contributed by atoms with van der Waals surface area (Å²) in [5.41, 5.74) is 17.5. The molecule has 4 aromatic carbocycles. The van der Waals surface area contributed by atoms with Crippen molar-refractivity contribution >= 4 is 50.9 Å². The molecule has 5 heterocycles. The standard InChI is InChI=1S/C56H64N8/c1-61(2,3)41-21-13-37(14-22-41)53-45-29-31-47(57-45)54(38-15-23-42(24-16-38)62(4,5)6)49-33-35-51(59-49)56(40-19-27-44(28-20-40)64(10,11)12)52-36-34-50(60-52)55(48-32-30-46(53)58-48)39-17-25-43(26-18-39)63(7,8)9/h13-36,45,53,58,60H,1-12H3/q+4/b54-49-,55-50-,56-52-. The SMILES string of the molecule is C[N+](C)(C)c1ccc(/C2=C3\C=CC(=N3)/C(c3ccc([N+](C)(C)C)cc3)=c3/cc/c([nH]3)=C(\c3ccc([N+](C)(C)C)cc3)c3ccc([nH]3)C(c3ccc([N+](C)(C)C)cc3)C3C=CC2=N3)cc1. The van der Waals surface area contributed by atoms with Crippen molar-refractivity contribution in [1.29, 1.82) is 0 Å². The molecule has 0 amide bonds. The molecule has 0 spiro atoms. The average Bonchev–Trinajstić information content (AvgIpc) is 4.08. The van der Waals surface area contributed by atoms with E-state index < -0.39 is 0 Å². The average molecular weight is 849 g/mol. The first kappa shape index (κ1) is 42.9. The van der Waals surface area contributed by atoms with Crippen molar-refractivity contribution < 1.29 is 0 Å². The van der Waals surface area contributed by atoms with Crippen molar-refractivity contribution in [1.82, 2.24) is 27.9 Å². The lowest BCUT2D eigenvalue weighted by atomic mass is 9.89. The summed E-state index contributed by atoms with van der Waals surface area (Å²) in [6.07, 6.45) is 8.86. The second-order valence-corrected chi connectivity index (χ2v) is 21.1. The van der Waals surface area contributed by atoms with E-state index in [1.54, 1.807) is 0 Å². The molecule has 0 aliphatic carbocycles. The van der Waals surface area contributed by atoms with Crippen LogP contribution < -0.4 is 28.6 Å². The zero-order valence-electron chi connectivity index (χ0n) is 39.7. The molecule has 0 saturated carbocycles. The zero-order chi connectivity index (χ0) is 45.3. The predicted octanol–water partition coefficient (Wildman–Crippen LogP) is 8.52. The molecule has 2 atom stereocenters.